The van der Waals surface area contributed by atoms with Crippen LogP contribution in [0.2, 0.25) is 0 Å². The summed E-state index contributed by atoms with van der Waals surface area (Å²) in [5.74, 6) is -1.23. The Balaban J connectivity index is 1.56. The minimum atomic E-state index is -0.622. The molecule has 0 aromatic heterocycles. The topological polar surface area (TPSA) is 84.9 Å². The molecule has 1 fully saturated rings. The van der Waals surface area contributed by atoms with Gasteiger partial charge in [-0.3, -0.25) is 14.4 Å². The van der Waals surface area contributed by atoms with Crippen molar-refractivity contribution in [1.82, 2.24) is 0 Å². The van der Waals surface area contributed by atoms with Gasteiger partial charge < -0.3 is 19.7 Å². The summed E-state index contributed by atoms with van der Waals surface area (Å²) in [5.41, 5.74) is 2.19. The lowest BCUT2D eigenvalue weighted by atomic mass is 10.1. The smallest absolute Gasteiger partial charge is 0.311 e. The zero-order valence-electron chi connectivity index (χ0n) is 15.8. The summed E-state index contributed by atoms with van der Waals surface area (Å²) in [5, 5.41) is 2.70. The molecule has 0 aliphatic carbocycles. The van der Waals surface area contributed by atoms with Crippen LogP contribution in [-0.4, -0.2) is 38.0 Å². The lowest BCUT2D eigenvalue weighted by Gasteiger charge is -2.19. The molecule has 1 aliphatic heterocycles. The average molecular weight is 382 g/mol. The second kappa shape index (κ2) is 8.56. The highest BCUT2D eigenvalue weighted by atomic mass is 16.5. The number of hydrogen-bond donors (Lipinski definition) is 1. The van der Waals surface area contributed by atoms with Crippen molar-refractivity contribution in [2.24, 2.45) is 5.92 Å². The Hall–Kier alpha value is -3.35. The molecule has 1 heterocycles. The van der Waals surface area contributed by atoms with Gasteiger partial charge in [0.15, 0.2) is 6.61 Å². The van der Waals surface area contributed by atoms with Crippen LogP contribution in [-0.2, 0) is 19.1 Å². The van der Waals surface area contributed by atoms with E-state index in [2.05, 4.69) is 5.32 Å². The number of methoxy groups -OCH3 is 1. The SMILES string of the molecule is COc1ccccc1N1C[C@@H](C(=O)OCC(=O)Nc2ccccc2C)CC1=O. The number of para-hydroxylation sites is 3. The second-order valence-electron chi connectivity index (χ2n) is 6.55. The molecule has 0 saturated carbocycles. The lowest BCUT2D eigenvalue weighted by molar-refractivity contribution is -0.151. The van der Waals surface area contributed by atoms with Gasteiger partial charge in [-0.2, -0.15) is 0 Å². The van der Waals surface area contributed by atoms with Crippen LogP contribution in [0.3, 0.4) is 0 Å². The van der Waals surface area contributed by atoms with Gasteiger partial charge in [0.05, 0.1) is 18.7 Å². The monoisotopic (exact) mass is 382 g/mol. The Bertz CT molecular complexity index is 896. The fraction of sp³-hybridized carbons (Fsp3) is 0.286. The fourth-order valence-electron chi connectivity index (χ4n) is 3.11. The summed E-state index contributed by atoms with van der Waals surface area (Å²) in [6.07, 6.45) is 0.0380. The summed E-state index contributed by atoms with van der Waals surface area (Å²) < 4.78 is 10.4. The Kier molecular flexibility index (Phi) is 5.93. The summed E-state index contributed by atoms with van der Waals surface area (Å²) in [6.45, 7) is 1.67. The first kappa shape index (κ1) is 19.4. The molecule has 1 aliphatic rings. The third-order valence-electron chi connectivity index (χ3n) is 4.60. The Morgan fingerprint density at radius 2 is 1.86 bits per heavy atom. The predicted octanol–water partition coefficient (Wildman–Crippen LogP) is 2.54. The highest BCUT2D eigenvalue weighted by Gasteiger charge is 2.37. The number of carbonyl (C=O) groups is 3. The molecular weight excluding hydrogens is 360 g/mol. The Morgan fingerprint density at radius 1 is 1.14 bits per heavy atom. The van der Waals surface area contributed by atoms with Gasteiger partial charge in [-0.1, -0.05) is 30.3 Å². The van der Waals surface area contributed by atoms with Crippen molar-refractivity contribution < 1.29 is 23.9 Å². The van der Waals surface area contributed by atoms with Gasteiger partial charge in [0.25, 0.3) is 5.91 Å². The van der Waals surface area contributed by atoms with Crippen LogP contribution < -0.4 is 15.0 Å². The molecule has 0 spiro atoms. The molecule has 146 valence electrons. The molecular formula is C21H22N2O5. The quantitative estimate of drug-likeness (QED) is 0.776. The first-order valence-electron chi connectivity index (χ1n) is 8.95. The third-order valence-corrected chi connectivity index (χ3v) is 4.60. The molecule has 7 heteroatoms. The van der Waals surface area contributed by atoms with Crippen LogP contribution in [0.5, 0.6) is 5.75 Å². The Morgan fingerprint density at radius 3 is 2.61 bits per heavy atom. The minimum Gasteiger partial charge on any atom is -0.495 e. The van der Waals surface area contributed by atoms with E-state index >= 15 is 0 Å². The predicted molar refractivity (Wildman–Crippen MR) is 104 cm³/mol. The average Bonchev–Trinajstić information content (AvgIpc) is 3.09. The maximum Gasteiger partial charge on any atom is 0.311 e. The van der Waals surface area contributed by atoms with E-state index in [-0.39, 0.29) is 18.9 Å². The van der Waals surface area contributed by atoms with E-state index in [1.165, 1.54) is 12.0 Å². The van der Waals surface area contributed by atoms with Gasteiger partial charge in [0, 0.05) is 18.7 Å². The number of nitrogens with zero attached hydrogens (tertiary/aromatic N) is 1. The number of hydrogen-bond acceptors (Lipinski definition) is 5. The fourth-order valence-corrected chi connectivity index (χ4v) is 3.11. The molecule has 0 radical (unpaired) electrons. The third kappa shape index (κ3) is 4.31. The largest absolute Gasteiger partial charge is 0.495 e. The number of aryl methyl sites for hydroxylation is 1. The van der Waals surface area contributed by atoms with E-state index in [1.54, 1.807) is 24.3 Å². The molecule has 2 amide bonds. The summed E-state index contributed by atoms with van der Waals surface area (Å²) >= 11 is 0. The van der Waals surface area contributed by atoms with Gasteiger partial charge in [-0.25, -0.2) is 0 Å². The van der Waals surface area contributed by atoms with Crippen molar-refractivity contribution in [3.8, 4) is 5.75 Å². The number of esters is 1. The molecule has 2 aromatic rings. The van der Waals surface area contributed by atoms with E-state index < -0.39 is 24.4 Å². The second-order valence-corrected chi connectivity index (χ2v) is 6.55. The lowest BCUT2D eigenvalue weighted by Crippen LogP contribution is -2.28. The van der Waals surface area contributed by atoms with Crippen LogP contribution in [0, 0.1) is 12.8 Å². The molecule has 0 unspecified atom stereocenters. The van der Waals surface area contributed by atoms with Crippen molar-refractivity contribution in [1.29, 1.82) is 0 Å². The molecule has 1 atom stereocenters. The number of amides is 2. The van der Waals surface area contributed by atoms with Gasteiger partial charge in [-0.15, -0.1) is 0 Å². The molecule has 3 rings (SSSR count). The van der Waals surface area contributed by atoms with Gasteiger partial charge in [0.2, 0.25) is 5.91 Å². The van der Waals surface area contributed by atoms with Crippen LogP contribution in [0.15, 0.2) is 48.5 Å². The highest BCUT2D eigenvalue weighted by molar-refractivity contribution is 6.01. The number of anilines is 2. The molecule has 7 nitrogen and oxygen atoms in total. The van der Waals surface area contributed by atoms with E-state index in [9.17, 15) is 14.4 Å². The standard InChI is InChI=1S/C21H22N2O5/c1-14-7-3-4-8-16(14)22-19(24)13-28-21(26)15-11-20(25)23(12-15)17-9-5-6-10-18(17)27-2/h3-10,15H,11-13H2,1-2H3,(H,22,24)/t15-/m0/s1. The number of benzene rings is 2. The van der Waals surface area contributed by atoms with E-state index in [0.717, 1.165) is 5.56 Å². The van der Waals surface area contributed by atoms with E-state index in [1.807, 2.05) is 31.2 Å². The highest BCUT2D eigenvalue weighted by Crippen LogP contribution is 2.33. The minimum absolute atomic E-state index is 0.0380. The molecule has 1 saturated heterocycles. The number of nitrogens with one attached hydrogen (secondary N) is 1. The maximum atomic E-state index is 12.4. The normalized spacial score (nSPS) is 16.0. The molecule has 2 aromatic carbocycles. The van der Waals surface area contributed by atoms with Crippen LogP contribution in [0.25, 0.3) is 0 Å². The summed E-state index contributed by atoms with van der Waals surface area (Å²) in [7, 11) is 1.53. The summed E-state index contributed by atoms with van der Waals surface area (Å²) in [6, 6.07) is 14.5. The van der Waals surface area contributed by atoms with Crippen LogP contribution in [0.4, 0.5) is 11.4 Å². The van der Waals surface area contributed by atoms with Crippen molar-refractivity contribution in [3.63, 3.8) is 0 Å². The number of carbonyl (C=O) groups excluding carboxylic acids is 3. The van der Waals surface area contributed by atoms with Gasteiger partial charge in [-0.05, 0) is 30.7 Å². The zero-order chi connectivity index (χ0) is 20.1. The molecule has 28 heavy (non-hydrogen) atoms. The molecule has 0 bridgehead atoms. The van der Waals surface area contributed by atoms with Crippen LogP contribution in [0.1, 0.15) is 12.0 Å². The Labute approximate surface area is 163 Å². The van der Waals surface area contributed by atoms with Crippen molar-refractivity contribution in [3.05, 3.63) is 54.1 Å². The number of ether oxygens (including phenoxy) is 2. The van der Waals surface area contributed by atoms with Crippen molar-refractivity contribution >= 4 is 29.2 Å². The van der Waals surface area contributed by atoms with Gasteiger partial charge in [0.1, 0.15) is 5.75 Å². The van der Waals surface area contributed by atoms with Gasteiger partial charge >= 0.3 is 5.97 Å². The van der Waals surface area contributed by atoms with Crippen molar-refractivity contribution in [2.45, 2.75) is 13.3 Å². The van der Waals surface area contributed by atoms with E-state index in [0.29, 0.717) is 17.1 Å². The first-order chi connectivity index (χ1) is 13.5. The number of rotatable bonds is 6. The van der Waals surface area contributed by atoms with Crippen LogP contribution >= 0.6 is 0 Å². The maximum absolute atomic E-state index is 12.4. The first-order valence-corrected chi connectivity index (χ1v) is 8.95. The van der Waals surface area contributed by atoms with E-state index in [4.69, 9.17) is 9.47 Å². The van der Waals surface area contributed by atoms with Crippen molar-refractivity contribution in [2.75, 3.05) is 30.5 Å². The summed E-state index contributed by atoms with van der Waals surface area (Å²) in [4.78, 5) is 38.2. The molecule has 1 N–H and O–H groups in total. The zero-order valence-corrected chi connectivity index (χ0v) is 15.8.